The van der Waals surface area contributed by atoms with Crippen LogP contribution in [0.2, 0.25) is 0 Å². The average molecular weight is 443 g/mol. The Morgan fingerprint density at radius 1 is 1.35 bits per heavy atom. The molecule has 31 heavy (non-hydrogen) atoms. The lowest BCUT2D eigenvalue weighted by Gasteiger charge is -2.12. The molecule has 1 heterocycles. The van der Waals surface area contributed by atoms with Crippen molar-refractivity contribution < 1.29 is 29.5 Å². The Balaban J connectivity index is 2.01. The van der Waals surface area contributed by atoms with Crippen LogP contribution in [0.15, 0.2) is 46.3 Å². The summed E-state index contributed by atoms with van der Waals surface area (Å²) in [6.07, 6.45) is 1.45. The van der Waals surface area contributed by atoms with Crippen LogP contribution in [0.3, 0.4) is 0 Å². The van der Waals surface area contributed by atoms with Gasteiger partial charge in [-0.1, -0.05) is 6.07 Å². The second-order valence-corrected chi connectivity index (χ2v) is 7.27. The van der Waals surface area contributed by atoms with E-state index in [2.05, 4.69) is 4.99 Å². The molecule has 0 radical (unpaired) electrons. The van der Waals surface area contributed by atoms with Crippen molar-refractivity contribution in [2.75, 3.05) is 13.7 Å². The van der Waals surface area contributed by atoms with Crippen molar-refractivity contribution in [2.45, 2.75) is 6.92 Å². The van der Waals surface area contributed by atoms with Crippen molar-refractivity contribution in [2.24, 2.45) is 4.99 Å². The van der Waals surface area contributed by atoms with Crippen LogP contribution < -0.4 is 4.74 Å². The number of hydrogen-bond acceptors (Lipinski definition) is 8. The van der Waals surface area contributed by atoms with Crippen molar-refractivity contribution in [3.8, 4) is 11.5 Å². The van der Waals surface area contributed by atoms with Crippen molar-refractivity contribution in [3.05, 3.63) is 62.5 Å². The summed E-state index contributed by atoms with van der Waals surface area (Å²) < 4.78 is 4.98. The summed E-state index contributed by atoms with van der Waals surface area (Å²) in [7, 11) is 1.26. The lowest BCUT2D eigenvalue weighted by atomic mass is 10.1. The highest BCUT2D eigenvalue weighted by molar-refractivity contribution is 8.18. The van der Waals surface area contributed by atoms with Gasteiger partial charge in [-0.3, -0.25) is 19.8 Å². The maximum absolute atomic E-state index is 12.8. The van der Waals surface area contributed by atoms with Gasteiger partial charge in [0.05, 0.1) is 28.2 Å². The summed E-state index contributed by atoms with van der Waals surface area (Å²) in [6, 6.07) is 8.52. The number of hydrogen-bond donors (Lipinski definition) is 2. The molecule has 0 saturated carbocycles. The SMILES string of the molecule is CCN1C(=O)C(=Cc2cc(OC)c(O)c([N+](=O)[O-])c2)SC1=Nc1cccc(C(=O)O)c1. The van der Waals surface area contributed by atoms with E-state index in [1.165, 1.54) is 36.3 Å². The number of benzene rings is 2. The van der Waals surface area contributed by atoms with Gasteiger partial charge in [-0.2, -0.15) is 0 Å². The van der Waals surface area contributed by atoms with E-state index in [4.69, 9.17) is 9.84 Å². The monoisotopic (exact) mass is 443 g/mol. The molecular formula is C20H17N3O7S. The summed E-state index contributed by atoms with van der Waals surface area (Å²) in [5.74, 6) is -2.14. The molecule has 0 unspecified atom stereocenters. The fraction of sp³-hybridized carbons (Fsp3) is 0.150. The number of nitro benzene ring substituents is 1. The van der Waals surface area contributed by atoms with Crippen molar-refractivity contribution in [1.29, 1.82) is 0 Å². The number of nitro groups is 1. The molecule has 0 atom stereocenters. The van der Waals surface area contributed by atoms with E-state index in [9.17, 15) is 24.8 Å². The molecule has 10 nitrogen and oxygen atoms in total. The number of thioether (sulfide) groups is 1. The number of rotatable bonds is 6. The Labute approximate surface area is 180 Å². The topological polar surface area (TPSA) is 143 Å². The van der Waals surface area contributed by atoms with Gasteiger partial charge >= 0.3 is 11.7 Å². The van der Waals surface area contributed by atoms with E-state index in [-0.39, 0.29) is 22.1 Å². The number of amidine groups is 1. The molecular weight excluding hydrogens is 426 g/mol. The van der Waals surface area contributed by atoms with Crippen LogP contribution in [-0.2, 0) is 4.79 Å². The molecule has 160 valence electrons. The Morgan fingerprint density at radius 3 is 2.71 bits per heavy atom. The van der Waals surface area contributed by atoms with Gasteiger partial charge in [-0.05, 0) is 54.6 Å². The number of carbonyl (C=O) groups is 2. The lowest BCUT2D eigenvalue weighted by Crippen LogP contribution is -2.28. The Kier molecular flexibility index (Phi) is 6.25. The number of nitrogens with zero attached hydrogens (tertiary/aromatic N) is 3. The summed E-state index contributed by atoms with van der Waals surface area (Å²) in [5.41, 5.74) is 0.186. The number of carboxylic acid groups (broad SMARTS) is 1. The number of aliphatic imine (C=N–C) groups is 1. The zero-order chi connectivity index (χ0) is 22.7. The largest absolute Gasteiger partial charge is 0.500 e. The van der Waals surface area contributed by atoms with Crippen LogP contribution in [0.25, 0.3) is 6.08 Å². The van der Waals surface area contributed by atoms with E-state index in [1.54, 1.807) is 19.1 Å². The molecule has 0 aromatic heterocycles. The second kappa shape index (κ2) is 8.88. The molecule has 1 amide bonds. The Hall–Kier alpha value is -3.86. The third-order valence-electron chi connectivity index (χ3n) is 4.31. The molecule has 2 N–H and O–H groups in total. The predicted octanol–water partition coefficient (Wildman–Crippen LogP) is 3.63. The standard InChI is InChI=1S/C20H17N3O7S/c1-3-22-18(25)16(9-11-7-14(23(28)29)17(24)15(8-11)30-2)31-20(22)21-13-6-4-5-12(10-13)19(26)27/h4-10,24H,3H2,1-2H3,(H,26,27). The molecule has 1 saturated heterocycles. The predicted molar refractivity (Wildman–Crippen MR) is 115 cm³/mol. The summed E-state index contributed by atoms with van der Waals surface area (Å²) in [6.45, 7) is 2.08. The second-order valence-electron chi connectivity index (χ2n) is 6.26. The normalized spacial score (nSPS) is 16.2. The minimum atomic E-state index is -1.09. The number of aromatic carboxylic acids is 1. The molecule has 0 bridgehead atoms. The highest BCUT2D eigenvalue weighted by atomic mass is 32.2. The first kappa shape index (κ1) is 21.8. The number of methoxy groups -OCH3 is 1. The highest BCUT2D eigenvalue weighted by Gasteiger charge is 2.32. The molecule has 1 aliphatic rings. The summed E-state index contributed by atoms with van der Waals surface area (Å²) >= 11 is 1.05. The zero-order valence-corrected chi connectivity index (χ0v) is 17.3. The number of likely N-dealkylation sites (N-methyl/N-ethyl adjacent to an activating group) is 1. The van der Waals surface area contributed by atoms with Crippen molar-refractivity contribution in [3.63, 3.8) is 0 Å². The molecule has 0 aliphatic carbocycles. The van der Waals surface area contributed by atoms with Gasteiger partial charge in [0.15, 0.2) is 10.9 Å². The van der Waals surface area contributed by atoms with Crippen LogP contribution in [0.5, 0.6) is 11.5 Å². The van der Waals surface area contributed by atoms with Crippen LogP contribution in [0.4, 0.5) is 11.4 Å². The molecule has 1 fully saturated rings. The van der Waals surface area contributed by atoms with E-state index in [0.717, 1.165) is 17.8 Å². The first-order chi connectivity index (χ1) is 14.7. The quantitative estimate of drug-likeness (QED) is 0.391. The van der Waals surface area contributed by atoms with Crippen molar-refractivity contribution in [1.82, 2.24) is 4.90 Å². The number of phenolic OH excluding ortho intramolecular Hbond substituents is 1. The highest BCUT2D eigenvalue weighted by Crippen LogP contribution is 2.39. The van der Waals surface area contributed by atoms with Crippen LogP contribution in [-0.4, -0.2) is 50.7 Å². The third-order valence-corrected chi connectivity index (χ3v) is 5.32. The number of amides is 1. The van der Waals surface area contributed by atoms with E-state index < -0.39 is 22.3 Å². The van der Waals surface area contributed by atoms with Crippen LogP contribution in [0.1, 0.15) is 22.8 Å². The maximum atomic E-state index is 12.8. The molecule has 1 aliphatic heterocycles. The number of carboxylic acids is 1. The van der Waals surface area contributed by atoms with Crippen LogP contribution >= 0.6 is 11.8 Å². The minimum absolute atomic E-state index is 0.0680. The van der Waals surface area contributed by atoms with Gasteiger partial charge in [0.1, 0.15) is 0 Å². The van der Waals surface area contributed by atoms with Gasteiger partial charge in [0, 0.05) is 12.6 Å². The van der Waals surface area contributed by atoms with Crippen molar-refractivity contribution >= 4 is 46.3 Å². The number of phenols is 1. The summed E-state index contributed by atoms with van der Waals surface area (Å²) in [5, 5.41) is 30.6. The fourth-order valence-corrected chi connectivity index (χ4v) is 3.89. The minimum Gasteiger partial charge on any atom is -0.500 e. The number of carbonyl (C=O) groups excluding carboxylic acids is 1. The van der Waals surface area contributed by atoms with Gasteiger partial charge in [0.25, 0.3) is 5.91 Å². The molecule has 2 aromatic rings. The lowest BCUT2D eigenvalue weighted by molar-refractivity contribution is -0.386. The first-order valence-corrected chi connectivity index (χ1v) is 9.75. The summed E-state index contributed by atoms with van der Waals surface area (Å²) in [4.78, 5) is 40.5. The van der Waals surface area contributed by atoms with E-state index >= 15 is 0 Å². The van der Waals surface area contributed by atoms with Gasteiger partial charge in [0.2, 0.25) is 5.75 Å². The van der Waals surface area contributed by atoms with Gasteiger partial charge in [-0.15, -0.1) is 0 Å². The molecule has 3 rings (SSSR count). The first-order valence-electron chi connectivity index (χ1n) is 8.94. The molecule has 2 aromatic carbocycles. The molecule has 11 heteroatoms. The Morgan fingerprint density at radius 2 is 2.10 bits per heavy atom. The van der Waals surface area contributed by atoms with Crippen LogP contribution in [0, 0.1) is 10.1 Å². The Bertz CT molecular complexity index is 1140. The molecule has 0 spiro atoms. The fourth-order valence-electron chi connectivity index (χ4n) is 2.83. The van der Waals surface area contributed by atoms with E-state index in [0.29, 0.717) is 23.0 Å². The maximum Gasteiger partial charge on any atom is 0.335 e. The third kappa shape index (κ3) is 4.51. The van der Waals surface area contributed by atoms with E-state index in [1.807, 2.05) is 0 Å². The van der Waals surface area contributed by atoms with Gasteiger partial charge < -0.3 is 14.9 Å². The van der Waals surface area contributed by atoms with Gasteiger partial charge in [-0.25, -0.2) is 9.79 Å². The average Bonchev–Trinajstić information content (AvgIpc) is 3.02. The number of ether oxygens (including phenoxy) is 1. The smallest absolute Gasteiger partial charge is 0.335 e. The number of aromatic hydroxyl groups is 1. The zero-order valence-electron chi connectivity index (χ0n) is 16.4.